The highest BCUT2D eigenvalue weighted by atomic mass is 14.5. The normalized spacial score (nSPS) is 12.1. The van der Waals surface area contributed by atoms with E-state index in [9.17, 15) is 0 Å². The molecule has 0 spiro atoms. The molecular weight excluding hydrogens is 174 g/mol. The van der Waals surface area contributed by atoms with Crippen molar-refractivity contribution in [2.75, 3.05) is 0 Å². The van der Waals surface area contributed by atoms with Gasteiger partial charge in [-0.1, -0.05) is 32.6 Å². The number of unbranched alkanes of at least 4 members (excludes halogenated alkanes) is 3. The van der Waals surface area contributed by atoms with Crippen LogP contribution in [0.4, 0.5) is 0 Å². The summed E-state index contributed by atoms with van der Waals surface area (Å²) in [7, 11) is 0. The first-order valence-electron chi connectivity index (χ1n) is 5.34. The lowest BCUT2D eigenvalue weighted by atomic mass is 9.93. The van der Waals surface area contributed by atoms with Crippen molar-refractivity contribution in [3.63, 3.8) is 0 Å². The van der Waals surface area contributed by atoms with Crippen LogP contribution in [0.1, 0.15) is 45.4 Å². The summed E-state index contributed by atoms with van der Waals surface area (Å²) in [6.45, 7) is 2.18. The Labute approximate surface area is 86.4 Å². The molecule has 80 valence electrons. The Bertz CT molecular complexity index is 187. The SMILES string of the molecule is CCCCCCC(CC=N)C(=N)C=N. The molecule has 0 fully saturated rings. The fourth-order valence-corrected chi connectivity index (χ4v) is 1.48. The monoisotopic (exact) mass is 195 g/mol. The Kier molecular flexibility index (Phi) is 7.99. The maximum Gasteiger partial charge on any atom is 0.0523 e. The summed E-state index contributed by atoms with van der Waals surface area (Å²) in [5.74, 6) is 0.0989. The molecule has 0 aliphatic heterocycles. The van der Waals surface area contributed by atoms with Crippen LogP contribution < -0.4 is 0 Å². The number of rotatable bonds is 9. The van der Waals surface area contributed by atoms with Crippen molar-refractivity contribution in [2.24, 2.45) is 5.92 Å². The van der Waals surface area contributed by atoms with Gasteiger partial charge in [0.2, 0.25) is 0 Å². The van der Waals surface area contributed by atoms with Crippen molar-refractivity contribution in [3.05, 3.63) is 0 Å². The molecule has 0 aromatic heterocycles. The molecule has 1 atom stereocenters. The van der Waals surface area contributed by atoms with E-state index in [1.807, 2.05) is 0 Å². The van der Waals surface area contributed by atoms with Gasteiger partial charge in [0.1, 0.15) is 0 Å². The highest BCUT2D eigenvalue weighted by Crippen LogP contribution is 2.14. The standard InChI is InChI=1S/C11H21N3/c1-2-3-4-5-6-10(7-8-12)11(14)9-13/h8-10,12-14H,2-7H2,1H3. The van der Waals surface area contributed by atoms with Crippen molar-refractivity contribution in [2.45, 2.75) is 45.4 Å². The minimum absolute atomic E-state index is 0.0989. The molecule has 3 N–H and O–H groups in total. The molecule has 3 heteroatoms. The summed E-state index contributed by atoms with van der Waals surface area (Å²) in [5.41, 5.74) is 0.366. The number of nitrogens with one attached hydrogen (secondary N) is 3. The van der Waals surface area contributed by atoms with Crippen LogP contribution in [0.5, 0.6) is 0 Å². The molecule has 0 radical (unpaired) electrons. The molecule has 0 aliphatic carbocycles. The Morgan fingerprint density at radius 3 is 2.43 bits per heavy atom. The van der Waals surface area contributed by atoms with Crippen LogP contribution in [-0.4, -0.2) is 18.1 Å². The zero-order chi connectivity index (χ0) is 10.8. The van der Waals surface area contributed by atoms with Gasteiger partial charge in [0.15, 0.2) is 0 Å². The van der Waals surface area contributed by atoms with Crippen molar-refractivity contribution >= 4 is 18.1 Å². The van der Waals surface area contributed by atoms with E-state index in [-0.39, 0.29) is 5.92 Å². The van der Waals surface area contributed by atoms with Gasteiger partial charge >= 0.3 is 0 Å². The summed E-state index contributed by atoms with van der Waals surface area (Å²) >= 11 is 0. The van der Waals surface area contributed by atoms with Gasteiger partial charge in [-0.25, -0.2) is 0 Å². The lowest BCUT2D eigenvalue weighted by molar-refractivity contribution is 0.566. The van der Waals surface area contributed by atoms with Crippen LogP contribution in [0.2, 0.25) is 0 Å². The average molecular weight is 195 g/mol. The third-order valence-electron chi connectivity index (χ3n) is 2.40. The van der Waals surface area contributed by atoms with E-state index in [1.165, 1.54) is 25.5 Å². The van der Waals surface area contributed by atoms with E-state index in [0.717, 1.165) is 19.1 Å². The van der Waals surface area contributed by atoms with Crippen LogP contribution in [-0.2, 0) is 0 Å². The second-order valence-corrected chi connectivity index (χ2v) is 3.59. The largest absolute Gasteiger partial charge is 0.313 e. The Morgan fingerprint density at radius 1 is 1.21 bits per heavy atom. The van der Waals surface area contributed by atoms with Crippen LogP contribution in [0.15, 0.2) is 0 Å². The van der Waals surface area contributed by atoms with Crippen LogP contribution in [0, 0.1) is 22.1 Å². The lowest BCUT2D eigenvalue weighted by Gasteiger charge is -2.12. The third-order valence-corrected chi connectivity index (χ3v) is 2.40. The molecule has 14 heavy (non-hydrogen) atoms. The van der Waals surface area contributed by atoms with Gasteiger partial charge in [0.25, 0.3) is 0 Å². The topological polar surface area (TPSA) is 71.6 Å². The van der Waals surface area contributed by atoms with Gasteiger partial charge in [-0.15, -0.1) is 0 Å². The second kappa shape index (κ2) is 8.60. The van der Waals surface area contributed by atoms with Crippen LogP contribution in [0.3, 0.4) is 0 Å². The quantitative estimate of drug-likeness (QED) is 0.373. The first kappa shape index (κ1) is 13.0. The van der Waals surface area contributed by atoms with E-state index in [2.05, 4.69) is 6.92 Å². The summed E-state index contributed by atoms with van der Waals surface area (Å²) in [6, 6.07) is 0. The van der Waals surface area contributed by atoms with Crippen LogP contribution >= 0.6 is 0 Å². The van der Waals surface area contributed by atoms with Crippen LogP contribution in [0.25, 0.3) is 0 Å². The van der Waals surface area contributed by atoms with E-state index < -0.39 is 0 Å². The fraction of sp³-hybridized carbons (Fsp3) is 0.727. The van der Waals surface area contributed by atoms with E-state index in [1.54, 1.807) is 0 Å². The van der Waals surface area contributed by atoms with E-state index in [4.69, 9.17) is 16.2 Å². The zero-order valence-corrected chi connectivity index (χ0v) is 8.97. The van der Waals surface area contributed by atoms with Gasteiger partial charge in [-0.05, 0) is 19.1 Å². The van der Waals surface area contributed by atoms with Gasteiger partial charge in [0, 0.05) is 12.1 Å². The maximum absolute atomic E-state index is 7.53. The Balaban J connectivity index is 3.78. The van der Waals surface area contributed by atoms with E-state index in [0.29, 0.717) is 12.1 Å². The molecule has 0 saturated heterocycles. The number of hydrogen-bond acceptors (Lipinski definition) is 3. The van der Waals surface area contributed by atoms with Gasteiger partial charge < -0.3 is 16.2 Å². The molecule has 0 aromatic carbocycles. The van der Waals surface area contributed by atoms with Crippen molar-refractivity contribution in [1.82, 2.24) is 0 Å². The highest BCUT2D eigenvalue weighted by Gasteiger charge is 2.10. The number of hydrogen-bond donors (Lipinski definition) is 3. The fourth-order valence-electron chi connectivity index (χ4n) is 1.48. The molecule has 0 aromatic rings. The first-order chi connectivity index (χ1) is 6.76. The molecule has 0 heterocycles. The molecule has 0 aliphatic rings. The van der Waals surface area contributed by atoms with Gasteiger partial charge in [-0.3, -0.25) is 0 Å². The third kappa shape index (κ3) is 5.62. The summed E-state index contributed by atoms with van der Waals surface area (Å²) in [4.78, 5) is 0. The minimum Gasteiger partial charge on any atom is -0.313 e. The average Bonchev–Trinajstić information content (AvgIpc) is 2.21. The molecule has 3 nitrogen and oxygen atoms in total. The van der Waals surface area contributed by atoms with E-state index >= 15 is 0 Å². The molecule has 0 amide bonds. The second-order valence-electron chi connectivity index (χ2n) is 3.59. The molecule has 1 unspecified atom stereocenters. The van der Waals surface area contributed by atoms with Crippen molar-refractivity contribution < 1.29 is 0 Å². The molecular formula is C11H21N3. The maximum atomic E-state index is 7.53. The Morgan fingerprint density at radius 2 is 1.93 bits per heavy atom. The summed E-state index contributed by atoms with van der Waals surface area (Å²) in [6.07, 6.45) is 8.80. The van der Waals surface area contributed by atoms with Gasteiger partial charge in [-0.2, -0.15) is 0 Å². The van der Waals surface area contributed by atoms with Crippen molar-refractivity contribution in [3.8, 4) is 0 Å². The first-order valence-corrected chi connectivity index (χ1v) is 5.34. The summed E-state index contributed by atoms with van der Waals surface area (Å²) in [5, 5.41) is 21.6. The van der Waals surface area contributed by atoms with Gasteiger partial charge in [0.05, 0.1) is 5.71 Å². The minimum atomic E-state index is 0.0989. The molecule has 0 rings (SSSR count). The van der Waals surface area contributed by atoms with Crippen molar-refractivity contribution in [1.29, 1.82) is 16.2 Å². The highest BCUT2D eigenvalue weighted by molar-refractivity contribution is 6.29. The Hall–Kier alpha value is -0.990. The predicted octanol–water partition coefficient (Wildman–Crippen LogP) is 3.28. The predicted molar refractivity (Wildman–Crippen MR) is 62.2 cm³/mol. The molecule has 0 saturated carbocycles. The molecule has 0 bridgehead atoms. The lowest BCUT2D eigenvalue weighted by Crippen LogP contribution is -2.15. The smallest absolute Gasteiger partial charge is 0.0523 e. The summed E-state index contributed by atoms with van der Waals surface area (Å²) < 4.78 is 0. The zero-order valence-electron chi connectivity index (χ0n) is 8.97.